The highest BCUT2D eigenvalue weighted by Crippen LogP contribution is 2.21. The Bertz CT molecular complexity index is 177. The summed E-state index contributed by atoms with van der Waals surface area (Å²) in [7, 11) is 0. The molecule has 1 atom stereocenters. The second kappa shape index (κ2) is 3.93. The van der Waals surface area contributed by atoms with Gasteiger partial charge in [-0.2, -0.15) is 0 Å². The molecule has 0 aliphatic heterocycles. The first-order chi connectivity index (χ1) is 4.90. The summed E-state index contributed by atoms with van der Waals surface area (Å²) in [5.41, 5.74) is 0. The maximum Gasteiger partial charge on any atom is 0.345 e. The summed E-state index contributed by atoms with van der Waals surface area (Å²) in [4.78, 5) is 19.9. The molecule has 0 spiro atoms. The van der Waals surface area contributed by atoms with E-state index in [2.05, 4.69) is 4.29 Å². The predicted molar refractivity (Wildman–Crippen MR) is 41.5 cm³/mol. The Kier molecular flexibility index (Phi) is 3.83. The van der Waals surface area contributed by atoms with E-state index < -0.39 is 10.8 Å². The van der Waals surface area contributed by atoms with Crippen LogP contribution in [0.2, 0.25) is 0 Å². The third-order valence-electron chi connectivity index (χ3n) is 1.08. The molecule has 0 bridgehead atoms. The highest BCUT2D eigenvalue weighted by atomic mass is 35.5. The van der Waals surface area contributed by atoms with Gasteiger partial charge in [-0.05, 0) is 13.8 Å². The normalized spacial score (nSPS) is 15.3. The highest BCUT2D eigenvalue weighted by Gasteiger charge is 2.33. The van der Waals surface area contributed by atoms with Gasteiger partial charge in [0.25, 0.3) is 0 Å². The Morgan fingerprint density at radius 3 is 2.27 bits per heavy atom. The Hall–Kier alpha value is -0.280. The van der Waals surface area contributed by atoms with Crippen LogP contribution in [-0.4, -0.2) is 16.6 Å². The standard InChI is InChI=1S/C6H8Cl2O3/c1-4(9)3-6(2,7)5(10)11-8/h3H2,1-2H3. The second-order valence-corrected chi connectivity index (χ2v) is 3.43. The zero-order chi connectivity index (χ0) is 9.07. The number of rotatable bonds is 3. The largest absolute Gasteiger partial charge is 0.346 e. The topological polar surface area (TPSA) is 43.4 Å². The van der Waals surface area contributed by atoms with E-state index in [1.807, 2.05) is 0 Å². The average Bonchev–Trinajstić information content (AvgIpc) is 1.83. The van der Waals surface area contributed by atoms with Gasteiger partial charge in [-0.15, -0.1) is 11.6 Å². The lowest BCUT2D eigenvalue weighted by molar-refractivity contribution is -0.138. The lowest BCUT2D eigenvalue weighted by Gasteiger charge is -2.14. The zero-order valence-electron chi connectivity index (χ0n) is 6.19. The summed E-state index contributed by atoms with van der Waals surface area (Å²) in [5, 5.41) is 0. The van der Waals surface area contributed by atoms with Gasteiger partial charge in [-0.25, -0.2) is 4.79 Å². The van der Waals surface area contributed by atoms with Crippen molar-refractivity contribution in [3.05, 3.63) is 0 Å². The summed E-state index contributed by atoms with van der Waals surface area (Å²) in [5.74, 6) is -0.999. The first-order valence-electron chi connectivity index (χ1n) is 2.91. The minimum atomic E-state index is -1.34. The van der Waals surface area contributed by atoms with E-state index in [4.69, 9.17) is 23.5 Å². The summed E-state index contributed by atoms with van der Waals surface area (Å²) in [6, 6.07) is 0. The van der Waals surface area contributed by atoms with Crippen molar-refractivity contribution in [2.45, 2.75) is 25.1 Å². The highest BCUT2D eigenvalue weighted by molar-refractivity contribution is 6.36. The number of ketones is 1. The monoisotopic (exact) mass is 198 g/mol. The first-order valence-corrected chi connectivity index (χ1v) is 3.60. The molecule has 3 nitrogen and oxygen atoms in total. The van der Waals surface area contributed by atoms with Crippen LogP contribution in [0.15, 0.2) is 0 Å². The molecular weight excluding hydrogens is 191 g/mol. The van der Waals surface area contributed by atoms with E-state index in [-0.39, 0.29) is 12.2 Å². The van der Waals surface area contributed by atoms with Crippen LogP contribution in [-0.2, 0) is 13.9 Å². The molecule has 0 saturated heterocycles. The summed E-state index contributed by atoms with van der Waals surface area (Å²) < 4.78 is 3.86. The van der Waals surface area contributed by atoms with Crippen LogP contribution in [0.5, 0.6) is 0 Å². The minimum absolute atomic E-state index is 0.0832. The van der Waals surface area contributed by atoms with Crippen LogP contribution < -0.4 is 0 Å². The SMILES string of the molecule is CC(=O)CC(C)(Cl)C(=O)OCl. The maximum absolute atomic E-state index is 10.7. The number of carbonyl (C=O) groups excluding carboxylic acids is 2. The summed E-state index contributed by atoms with van der Waals surface area (Å²) in [6.07, 6.45) is -0.0832. The molecule has 0 aromatic heterocycles. The van der Waals surface area contributed by atoms with Crippen LogP contribution in [0.1, 0.15) is 20.3 Å². The number of alkyl halides is 1. The number of Topliss-reactive ketones (excluding diaryl/α,β-unsaturated/α-hetero) is 1. The first kappa shape index (κ1) is 10.7. The molecule has 64 valence electrons. The van der Waals surface area contributed by atoms with Gasteiger partial charge in [-0.1, -0.05) is 0 Å². The number of hydrogen-bond acceptors (Lipinski definition) is 3. The molecule has 5 heteroatoms. The molecule has 0 saturated carbocycles. The van der Waals surface area contributed by atoms with Gasteiger partial charge in [0.15, 0.2) is 0 Å². The van der Waals surface area contributed by atoms with Crippen molar-refractivity contribution in [1.82, 2.24) is 0 Å². The molecule has 0 aliphatic carbocycles. The van der Waals surface area contributed by atoms with Crippen molar-refractivity contribution in [2.75, 3.05) is 0 Å². The lowest BCUT2D eigenvalue weighted by atomic mass is 10.1. The molecule has 0 heterocycles. The van der Waals surface area contributed by atoms with Gasteiger partial charge in [0.1, 0.15) is 22.5 Å². The summed E-state index contributed by atoms with van der Waals surface area (Å²) >= 11 is 10.4. The van der Waals surface area contributed by atoms with E-state index in [9.17, 15) is 9.59 Å². The number of halogens is 2. The van der Waals surface area contributed by atoms with Crippen LogP contribution >= 0.6 is 23.5 Å². The van der Waals surface area contributed by atoms with E-state index in [1.165, 1.54) is 13.8 Å². The molecule has 0 radical (unpaired) electrons. The van der Waals surface area contributed by atoms with E-state index in [0.717, 1.165) is 0 Å². The van der Waals surface area contributed by atoms with Gasteiger partial charge in [0.05, 0.1) is 0 Å². The van der Waals surface area contributed by atoms with Crippen LogP contribution in [0.4, 0.5) is 0 Å². The zero-order valence-corrected chi connectivity index (χ0v) is 7.70. The molecule has 0 aromatic carbocycles. The smallest absolute Gasteiger partial charge is 0.345 e. The predicted octanol–water partition coefficient (Wildman–Crippen LogP) is 1.66. The molecule has 0 aromatic rings. The Balaban J connectivity index is 4.21. The van der Waals surface area contributed by atoms with Crippen molar-refractivity contribution in [3.8, 4) is 0 Å². The minimum Gasteiger partial charge on any atom is -0.346 e. The molecule has 0 N–H and O–H groups in total. The summed E-state index contributed by atoms with van der Waals surface area (Å²) in [6.45, 7) is 2.71. The Morgan fingerprint density at radius 1 is 1.55 bits per heavy atom. The fourth-order valence-corrected chi connectivity index (χ4v) is 1.06. The molecule has 0 aliphatic rings. The van der Waals surface area contributed by atoms with Gasteiger partial charge in [0, 0.05) is 6.42 Å². The molecular formula is C6H8Cl2O3. The fraction of sp³-hybridized carbons (Fsp3) is 0.667. The van der Waals surface area contributed by atoms with Crippen LogP contribution in [0, 0.1) is 0 Å². The Morgan fingerprint density at radius 2 is 2.00 bits per heavy atom. The van der Waals surface area contributed by atoms with Crippen molar-refractivity contribution < 1.29 is 13.9 Å². The second-order valence-electron chi connectivity index (χ2n) is 2.44. The molecule has 11 heavy (non-hydrogen) atoms. The Labute approximate surface area is 74.8 Å². The van der Waals surface area contributed by atoms with Gasteiger partial charge in [-0.3, -0.25) is 4.79 Å². The van der Waals surface area contributed by atoms with Gasteiger partial charge >= 0.3 is 5.97 Å². The lowest BCUT2D eigenvalue weighted by Crippen LogP contribution is -2.31. The number of hydrogen-bond donors (Lipinski definition) is 0. The van der Waals surface area contributed by atoms with Crippen LogP contribution in [0.3, 0.4) is 0 Å². The molecule has 1 unspecified atom stereocenters. The van der Waals surface area contributed by atoms with Gasteiger partial charge < -0.3 is 4.29 Å². The third-order valence-corrected chi connectivity index (χ3v) is 1.50. The molecule has 0 amide bonds. The van der Waals surface area contributed by atoms with E-state index in [0.29, 0.717) is 0 Å². The van der Waals surface area contributed by atoms with E-state index in [1.54, 1.807) is 0 Å². The maximum atomic E-state index is 10.7. The van der Waals surface area contributed by atoms with Crippen molar-refractivity contribution >= 4 is 35.2 Å². The van der Waals surface area contributed by atoms with Crippen LogP contribution in [0.25, 0.3) is 0 Å². The van der Waals surface area contributed by atoms with Crippen molar-refractivity contribution in [3.63, 3.8) is 0 Å². The third kappa shape index (κ3) is 3.58. The molecule has 0 fully saturated rings. The van der Waals surface area contributed by atoms with Crippen molar-refractivity contribution in [1.29, 1.82) is 0 Å². The quantitative estimate of drug-likeness (QED) is 0.649. The molecule has 0 rings (SSSR count). The fourth-order valence-electron chi connectivity index (χ4n) is 0.620. The number of carbonyl (C=O) groups is 2. The van der Waals surface area contributed by atoms with Crippen molar-refractivity contribution in [2.24, 2.45) is 0 Å². The average molecular weight is 199 g/mol. The van der Waals surface area contributed by atoms with E-state index >= 15 is 0 Å². The van der Waals surface area contributed by atoms with Gasteiger partial charge in [0.2, 0.25) is 0 Å².